The first-order valence-corrected chi connectivity index (χ1v) is 8.48. The average Bonchev–Trinajstić information content (AvgIpc) is 2.87. The Balaban J connectivity index is 1.92. The van der Waals surface area contributed by atoms with Gasteiger partial charge in [0.25, 0.3) is 5.91 Å². The molecule has 1 unspecified atom stereocenters. The highest BCUT2D eigenvalue weighted by Crippen LogP contribution is 2.22. The smallest absolute Gasteiger partial charge is 0.407 e. The van der Waals surface area contributed by atoms with Crippen molar-refractivity contribution in [3.8, 4) is 0 Å². The Morgan fingerprint density at radius 2 is 2.00 bits per heavy atom. The molecule has 134 valence electrons. The number of H-pyrrole nitrogens is 1. The Hall–Kier alpha value is -2.05. The van der Waals surface area contributed by atoms with Gasteiger partial charge < -0.3 is 15.0 Å². The number of aryl methyl sites for hydroxylation is 1. The topological polar surface area (TPSA) is 87.3 Å². The van der Waals surface area contributed by atoms with Crippen LogP contribution in [0.15, 0.2) is 0 Å². The van der Waals surface area contributed by atoms with Gasteiger partial charge in [-0.3, -0.25) is 9.89 Å². The van der Waals surface area contributed by atoms with Crippen molar-refractivity contribution in [3.63, 3.8) is 0 Å². The van der Waals surface area contributed by atoms with Gasteiger partial charge in [-0.25, -0.2) is 4.79 Å². The van der Waals surface area contributed by atoms with Crippen LogP contribution in [0.2, 0.25) is 0 Å². The van der Waals surface area contributed by atoms with Crippen LogP contribution in [0.4, 0.5) is 4.79 Å². The third kappa shape index (κ3) is 4.72. The molecule has 0 bridgehead atoms. The number of hydrogen-bond donors (Lipinski definition) is 2. The number of carbonyl (C=O) groups is 2. The van der Waals surface area contributed by atoms with E-state index < -0.39 is 11.7 Å². The highest BCUT2D eigenvalue weighted by atomic mass is 16.6. The second-order valence-electron chi connectivity index (χ2n) is 7.47. The Morgan fingerprint density at radius 1 is 1.33 bits per heavy atom. The third-order valence-electron chi connectivity index (χ3n) is 3.92. The minimum Gasteiger partial charge on any atom is -0.444 e. The number of aromatic nitrogens is 2. The van der Waals surface area contributed by atoms with E-state index in [1.807, 2.05) is 27.7 Å². The molecular formula is C17H28N4O3. The molecular weight excluding hydrogens is 308 g/mol. The summed E-state index contributed by atoms with van der Waals surface area (Å²) in [5.41, 5.74) is 2.10. The van der Waals surface area contributed by atoms with Gasteiger partial charge in [-0.15, -0.1) is 0 Å². The molecule has 2 rings (SSSR count). The van der Waals surface area contributed by atoms with Crippen LogP contribution in [0.3, 0.4) is 0 Å². The number of nitrogens with zero attached hydrogens (tertiary/aromatic N) is 2. The molecule has 1 aromatic heterocycles. The largest absolute Gasteiger partial charge is 0.444 e. The van der Waals surface area contributed by atoms with Gasteiger partial charge in [-0.2, -0.15) is 5.10 Å². The molecule has 0 fully saturated rings. The van der Waals surface area contributed by atoms with E-state index in [0.717, 1.165) is 36.9 Å². The standard InChI is InChI=1S/C17H28N4O3/c1-11(18-16(23)24-17(2,3)4)10-21(5)15(22)14-12-8-6-7-9-13(12)19-20-14/h11H,6-10H2,1-5H3,(H,18,23)(H,19,20). The molecule has 1 heterocycles. The van der Waals surface area contributed by atoms with E-state index in [0.29, 0.717) is 12.2 Å². The quantitative estimate of drug-likeness (QED) is 0.883. The Labute approximate surface area is 143 Å². The van der Waals surface area contributed by atoms with E-state index in [2.05, 4.69) is 15.5 Å². The summed E-state index contributed by atoms with van der Waals surface area (Å²) in [6.07, 6.45) is 3.60. The summed E-state index contributed by atoms with van der Waals surface area (Å²) in [5.74, 6) is -0.118. The molecule has 1 aromatic rings. The predicted molar refractivity (Wildman–Crippen MR) is 91.0 cm³/mol. The van der Waals surface area contributed by atoms with Gasteiger partial charge in [0.15, 0.2) is 5.69 Å². The number of hydrogen-bond acceptors (Lipinski definition) is 4. The first-order valence-electron chi connectivity index (χ1n) is 8.48. The first kappa shape index (κ1) is 18.3. The van der Waals surface area contributed by atoms with Crippen LogP contribution < -0.4 is 5.32 Å². The lowest BCUT2D eigenvalue weighted by Gasteiger charge is -2.25. The summed E-state index contributed by atoms with van der Waals surface area (Å²) in [6, 6.07) is -0.219. The van der Waals surface area contributed by atoms with Gasteiger partial charge in [0.05, 0.1) is 0 Å². The molecule has 7 heteroatoms. The van der Waals surface area contributed by atoms with Gasteiger partial charge in [-0.05, 0) is 53.4 Å². The summed E-state index contributed by atoms with van der Waals surface area (Å²) in [7, 11) is 1.72. The van der Waals surface area contributed by atoms with E-state index in [1.54, 1.807) is 11.9 Å². The highest BCUT2D eigenvalue weighted by Gasteiger charge is 2.25. The first-order chi connectivity index (χ1) is 11.2. The molecule has 0 aliphatic heterocycles. The van der Waals surface area contributed by atoms with Crippen molar-refractivity contribution >= 4 is 12.0 Å². The molecule has 1 aliphatic carbocycles. The molecule has 24 heavy (non-hydrogen) atoms. The highest BCUT2D eigenvalue weighted by molar-refractivity contribution is 5.94. The number of alkyl carbamates (subject to hydrolysis) is 1. The van der Waals surface area contributed by atoms with Crippen LogP contribution in [-0.2, 0) is 17.6 Å². The van der Waals surface area contributed by atoms with Crippen LogP contribution >= 0.6 is 0 Å². The molecule has 0 aromatic carbocycles. The minimum atomic E-state index is -0.542. The molecule has 0 saturated carbocycles. The maximum atomic E-state index is 12.6. The van der Waals surface area contributed by atoms with Crippen LogP contribution in [0, 0.1) is 0 Å². The number of fused-ring (bicyclic) bond motifs is 1. The Morgan fingerprint density at radius 3 is 2.67 bits per heavy atom. The molecule has 0 saturated heterocycles. The van der Waals surface area contributed by atoms with Crippen molar-refractivity contribution in [2.45, 2.75) is 65.0 Å². The number of carbonyl (C=O) groups excluding carboxylic acids is 2. The summed E-state index contributed by atoms with van der Waals surface area (Å²) < 4.78 is 5.23. The molecule has 7 nitrogen and oxygen atoms in total. The third-order valence-corrected chi connectivity index (χ3v) is 3.92. The van der Waals surface area contributed by atoms with Crippen LogP contribution in [-0.4, -0.2) is 52.3 Å². The number of amides is 2. The lowest BCUT2D eigenvalue weighted by Crippen LogP contribution is -2.44. The SMILES string of the molecule is CC(CN(C)C(=O)c1n[nH]c2c1CCCC2)NC(=O)OC(C)(C)C. The van der Waals surface area contributed by atoms with Gasteiger partial charge in [0, 0.05) is 30.9 Å². The molecule has 2 amide bonds. The minimum absolute atomic E-state index is 0.118. The van der Waals surface area contributed by atoms with E-state index in [4.69, 9.17) is 4.74 Å². The van der Waals surface area contributed by atoms with Crippen LogP contribution in [0.1, 0.15) is 62.3 Å². The van der Waals surface area contributed by atoms with Gasteiger partial charge >= 0.3 is 6.09 Å². The monoisotopic (exact) mass is 336 g/mol. The van der Waals surface area contributed by atoms with Crippen LogP contribution in [0.5, 0.6) is 0 Å². The zero-order valence-electron chi connectivity index (χ0n) is 15.2. The molecule has 1 aliphatic rings. The molecule has 1 atom stereocenters. The second-order valence-corrected chi connectivity index (χ2v) is 7.47. The van der Waals surface area contributed by atoms with Crippen molar-refractivity contribution in [2.24, 2.45) is 0 Å². The lowest BCUT2D eigenvalue weighted by atomic mass is 9.95. The molecule has 2 N–H and O–H groups in total. The van der Waals surface area contributed by atoms with Crippen molar-refractivity contribution in [2.75, 3.05) is 13.6 Å². The zero-order valence-corrected chi connectivity index (χ0v) is 15.2. The predicted octanol–water partition coefficient (Wildman–Crippen LogP) is 2.27. The van der Waals surface area contributed by atoms with Crippen molar-refractivity contribution in [1.29, 1.82) is 0 Å². The number of rotatable bonds is 4. The number of ether oxygens (including phenoxy) is 1. The summed E-state index contributed by atoms with van der Waals surface area (Å²) >= 11 is 0. The summed E-state index contributed by atoms with van der Waals surface area (Å²) in [5, 5.41) is 9.94. The second kappa shape index (κ2) is 7.23. The normalized spacial score (nSPS) is 15.4. The molecule has 0 spiro atoms. The Bertz CT molecular complexity index is 603. The van der Waals surface area contributed by atoms with E-state index >= 15 is 0 Å². The fourth-order valence-corrected chi connectivity index (χ4v) is 2.89. The van der Waals surface area contributed by atoms with E-state index in [9.17, 15) is 9.59 Å². The number of nitrogens with one attached hydrogen (secondary N) is 2. The van der Waals surface area contributed by atoms with Crippen molar-refractivity contribution in [1.82, 2.24) is 20.4 Å². The van der Waals surface area contributed by atoms with Crippen LogP contribution in [0.25, 0.3) is 0 Å². The number of likely N-dealkylation sites (N-methyl/N-ethyl adjacent to an activating group) is 1. The maximum absolute atomic E-state index is 12.6. The maximum Gasteiger partial charge on any atom is 0.407 e. The van der Waals surface area contributed by atoms with Gasteiger partial charge in [0.2, 0.25) is 0 Å². The van der Waals surface area contributed by atoms with Gasteiger partial charge in [-0.1, -0.05) is 0 Å². The number of aromatic amines is 1. The fraction of sp³-hybridized carbons (Fsp3) is 0.706. The summed E-state index contributed by atoms with van der Waals surface area (Å²) in [6.45, 7) is 7.67. The zero-order chi connectivity index (χ0) is 17.9. The fourth-order valence-electron chi connectivity index (χ4n) is 2.89. The average molecular weight is 336 g/mol. The van der Waals surface area contributed by atoms with Crippen molar-refractivity contribution in [3.05, 3.63) is 17.0 Å². The molecule has 0 radical (unpaired) electrons. The van der Waals surface area contributed by atoms with E-state index in [1.165, 1.54) is 0 Å². The van der Waals surface area contributed by atoms with Gasteiger partial charge in [0.1, 0.15) is 5.60 Å². The Kier molecular flexibility index (Phi) is 5.51. The summed E-state index contributed by atoms with van der Waals surface area (Å²) in [4.78, 5) is 26.0. The van der Waals surface area contributed by atoms with Crippen molar-refractivity contribution < 1.29 is 14.3 Å². The van der Waals surface area contributed by atoms with E-state index in [-0.39, 0.29) is 11.9 Å². The lowest BCUT2D eigenvalue weighted by molar-refractivity contribution is 0.0491.